The number of nitrogens with zero attached hydrogens (tertiary/aromatic N) is 1. The van der Waals surface area contributed by atoms with Crippen molar-refractivity contribution >= 4 is 11.6 Å². The van der Waals surface area contributed by atoms with E-state index in [1.807, 2.05) is 32.0 Å². The van der Waals surface area contributed by atoms with Crippen LogP contribution in [0.2, 0.25) is 0 Å². The highest BCUT2D eigenvalue weighted by Gasteiger charge is 2.09. The molecule has 0 bridgehead atoms. The highest BCUT2D eigenvalue weighted by atomic mass is 19.1. The molecule has 6 nitrogen and oxygen atoms in total. The standard InChI is InChI=1S/C20H26FN3O3/c1-4-22-20(23-13-17(25)14-6-8-15(21)9-7-14)24-16-10-11-18(26-3)19(12-16)27-5-2/h6-12,17,25H,4-5,13H2,1-3H3,(H2,22,23,24). The number of guanidine groups is 1. The average Bonchev–Trinajstić information content (AvgIpc) is 2.67. The summed E-state index contributed by atoms with van der Waals surface area (Å²) in [6.07, 6.45) is -0.823. The lowest BCUT2D eigenvalue weighted by Gasteiger charge is -2.15. The monoisotopic (exact) mass is 375 g/mol. The van der Waals surface area contributed by atoms with Gasteiger partial charge in [-0.15, -0.1) is 0 Å². The summed E-state index contributed by atoms with van der Waals surface area (Å²) in [6, 6.07) is 11.2. The molecule has 1 atom stereocenters. The minimum Gasteiger partial charge on any atom is -0.493 e. The van der Waals surface area contributed by atoms with Crippen molar-refractivity contribution in [3.05, 3.63) is 53.8 Å². The Kier molecular flexibility index (Phi) is 7.88. The number of halogens is 1. The van der Waals surface area contributed by atoms with Crippen LogP contribution in [0.4, 0.5) is 10.1 Å². The van der Waals surface area contributed by atoms with E-state index in [0.29, 0.717) is 36.2 Å². The molecule has 7 heteroatoms. The zero-order chi connectivity index (χ0) is 19.6. The number of aliphatic hydroxyl groups is 1. The molecule has 27 heavy (non-hydrogen) atoms. The molecule has 1 unspecified atom stereocenters. The second kappa shape index (κ2) is 10.4. The number of nitrogens with one attached hydrogen (secondary N) is 2. The molecule has 2 rings (SSSR count). The lowest BCUT2D eigenvalue weighted by atomic mass is 10.1. The highest BCUT2D eigenvalue weighted by molar-refractivity contribution is 5.93. The highest BCUT2D eigenvalue weighted by Crippen LogP contribution is 2.30. The zero-order valence-electron chi connectivity index (χ0n) is 15.8. The van der Waals surface area contributed by atoms with E-state index in [-0.39, 0.29) is 12.4 Å². The fourth-order valence-corrected chi connectivity index (χ4v) is 2.43. The zero-order valence-corrected chi connectivity index (χ0v) is 15.8. The van der Waals surface area contributed by atoms with Crippen LogP contribution < -0.4 is 20.1 Å². The van der Waals surface area contributed by atoms with Crippen molar-refractivity contribution < 1.29 is 19.0 Å². The van der Waals surface area contributed by atoms with Crippen LogP contribution in [-0.4, -0.2) is 37.9 Å². The predicted molar refractivity (Wildman–Crippen MR) is 105 cm³/mol. The van der Waals surface area contributed by atoms with E-state index in [1.165, 1.54) is 12.1 Å². The molecule has 0 spiro atoms. The second-order valence-corrected chi connectivity index (χ2v) is 5.71. The summed E-state index contributed by atoms with van der Waals surface area (Å²) in [7, 11) is 1.59. The van der Waals surface area contributed by atoms with Gasteiger partial charge < -0.3 is 25.2 Å². The van der Waals surface area contributed by atoms with Gasteiger partial charge in [-0.3, -0.25) is 0 Å². The summed E-state index contributed by atoms with van der Waals surface area (Å²) in [5.74, 6) is 1.46. The fourth-order valence-electron chi connectivity index (χ4n) is 2.43. The SMILES string of the molecule is CCNC(=NCC(O)c1ccc(F)cc1)Nc1ccc(OC)c(OCC)c1. The first-order chi connectivity index (χ1) is 13.1. The predicted octanol–water partition coefficient (Wildman–Crippen LogP) is 3.34. The van der Waals surface area contributed by atoms with Gasteiger partial charge in [-0.1, -0.05) is 12.1 Å². The van der Waals surface area contributed by atoms with Gasteiger partial charge in [0.1, 0.15) is 5.82 Å². The van der Waals surface area contributed by atoms with Gasteiger partial charge in [0, 0.05) is 18.3 Å². The number of aliphatic imine (C=N–C) groups is 1. The van der Waals surface area contributed by atoms with E-state index in [1.54, 1.807) is 19.2 Å². The number of ether oxygens (including phenoxy) is 2. The van der Waals surface area contributed by atoms with Crippen LogP contribution in [0.15, 0.2) is 47.5 Å². The molecule has 0 aliphatic heterocycles. The first-order valence-electron chi connectivity index (χ1n) is 8.87. The third-order valence-corrected chi connectivity index (χ3v) is 3.75. The Morgan fingerprint density at radius 2 is 1.89 bits per heavy atom. The molecule has 0 saturated carbocycles. The van der Waals surface area contributed by atoms with Crippen molar-refractivity contribution in [3.63, 3.8) is 0 Å². The molecule has 0 saturated heterocycles. The van der Waals surface area contributed by atoms with E-state index in [9.17, 15) is 9.50 Å². The summed E-state index contributed by atoms with van der Waals surface area (Å²) in [4.78, 5) is 4.40. The van der Waals surface area contributed by atoms with Crippen LogP contribution in [0.25, 0.3) is 0 Å². The normalized spacial score (nSPS) is 12.4. The smallest absolute Gasteiger partial charge is 0.195 e. The van der Waals surface area contributed by atoms with Gasteiger partial charge in [-0.25, -0.2) is 9.38 Å². The molecule has 2 aromatic carbocycles. The molecule has 2 aromatic rings. The summed E-state index contributed by atoms with van der Waals surface area (Å²) in [5, 5.41) is 16.6. The molecule has 0 aromatic heterocycles. The molecule has 0 aliphatic carbocycles. The van der Waals surface area contributed by atoms with E-state index >= 15 is 0 Å². The lowest BCUT2D eigenvalue weighted by molar-refractivity contribution is 0.187. The molecule has 0 aliphatic rings. The Morgan fingerprint density at radius 1 is 1.15 bits per heavy atom. The van der Waals surface area contributed by atoms with Crippen molar-refractivity contribution in [2.45, 2.75) is 20.0 Å². The van der Waals surface area contributed by atoms with Crippen molar-refractivity contribution in [2.24, 2.45) is 4.99 Å². The maximum atomic E-state index is 13.0. The molecule has 146 valence electrons. The van der Waals surface area contributed by atoms with Gasteiger partial charge >= 0.3 is 0 Å². The van der Waals surface area contributed by atoms with Crippen LogP contribution in [0.1, 0.15) is 25.5 Å². The largest absolute Gasteiger partial charge is 0.493 e. The summed E-state index contributed by atoms with van der Waals surface area (Å²) < 4.78 is 23.9. The van der Waals surface area contributed by atoms with Crippen LogP contribution >= 0.6 is 0 Å². The summed E-state index contributed by atoms with van der Waals surface area (Å²) in [6.45, 7) is 5.18. The average molecular weight is 375 g/mol. The third kappa shape index (κ3) is 6.14. The third-order valence-electron chi connectivity index (χ3n) is 3.75. The Hall–Kier alpha value is -2.80. The lowest BCUT2D eigenvalue weighted by Crippen LogP contribution is -2.31. The molecular weight excluding hydrogens is 349 g/mol. The van der Waals surface area contributed by atoms with Crippen LogP contribution in [0.5, 0.6) is 11.5 Å². The number of hydrogen-bond acceptors (Lipinski definition) is 4. The number of benzene rings is 2. The van der Waals surface area contributed by atoms with Gasteiger partial charge in [-0.2, -0.15) is 0 Å². The Bertz CT molecular complexity index is 751. The van der Waals surface area contributed by atoms with Crippen molar-refractivity contribution in [3.8, 4) is 11.5 Å². The van der Waals surface area contributed by atoms with Gasteiger partial charge in [0.2, 0.25) is 0 Å². The fraction of sp³-hybridized carbons (Fsp3) is 0.350. The number of hydrogen-bond donors (Lipinski definition) is 3. The van der Waals surface area contributed by atoms with E-state index in [4.69, 9.17) is 9.47 Å². The molecule has 3 N–H and O–H groups in total. The Morgan fingerprint density at radius 3 is 2.52 bits per heavy atom. The van der Waals surface area contributed by atoms with Crippen LogP contribution in [0, 0.1) is 5.82 Å². The minimum absolute atomic E-state index is 0.134. The summed E-state index contributed by atoms with van der Waals surface area (Å²) in [5.41, 5.74) is 1.38. The molecule has 0 heterocycles. The van der Waals surface area contributed by atoms with Gasteiger partial charge in [0.15, 0.2) is 17.5 Å². The summed E-state index contributed by atoms with van der Waals surface area (Å²) >= 11 is 0. The first kappa shape index (κ1) is 20.5. The maximum absolute atomic E-state index is 13.0. The van der Waals surface area contributed by atoms with Gasteiger partial charge in [0.25, 0.3) is 0 Å². The van der Waals surface area contributed by atoms with E-state index < -0.39 is 6.10 Å². The van der Waals surface area contributed by atoms with Crippen molar-refractivity contribution in [1.82, 2.24) is 5.32 Å². The quantitative estimate of drug-likeness (QED) is 0.487. The minimum atomic E-state index is -0.823. The Balaban J connectivity index is 2.10. The number of anilines is 1. The first-order valence-corrected chi connectivity index (χ1v) is 8.87. The van der Waals surface area contributed by atoms with E-state index in [2.05, 4.69) is 15.6 Å². The molecule has 0 amide bonds. The maximum Gasteiger partial charge on any atom is 0.195 e. The van der Waals surface area contributed by atoms with Crippen LogP contribution in [0.3, 0.4) is 0 Å². The molecular formula is C20H26FN3O3. The Labute approximate surface area is 159 Å². The number of aliphatic hydroxyl groups excluding tert-OH is 1. The second-order valence-electron chi connectivity index (χ2n) is 5.71. The van der Waals surface area contributed by atoms with Gasteiger partial charge in [0.05, 0.1) is 26.4 Å². The number of methoxy groups -OCH3 is 1. The number of rotatable bonds is 8. The van der Waals surface area contributed by atoms with Crippen molar-refractivity contribution in [2.75, 3.05) is 32.1 Å². The molecule has 0 fully saturated rings. The van der Waals surface area contributed by atoms with Crippen LogP contribution in [-0.2, 0) is 0 Å². The van der Waals surface area contributed by atoms with Crippen molar-refractivity contribution in [1.29, 1.82) is 0 Å². The topological polar surface area (TPSA) is 75.1 Å². The molecule has 0 radical (unpaired) electrons. The van der Waals surface area contributed by atoms with Gasteiger partial charge in [-0.05, 0) is 43.7 Å². The van der Waals surface area contributed by atoms with E-state index in [0.717, 1.165) is 5.69 Å².